The van der Waals surface area contributed by atoms with E-state index in [0.717, 1.165) is 0 Å². The average molecular weight is 320 g/mol. The van der Waals surface area contributed by atoms with Gasteiger partial charge in [-0.2, -0.15) is 0 Å². The molecule has 3 aromatic rings. The fraction of sp³-hybridized carbons (Fsp3) is 0. The van der Waals surface area contributed by atoms with Crippen LogP contribution in [0.4, 0.5) is 4.39 Å². The van der Waals surface area contributed by atoms with Gasteiger partial charge in [-0.3, -0.25) is 4.98 Å². The highest BCUT2D eigenvalue weighted by atomic mass is 35.5. The molecule has 2 heterocycles. The Morgan fingerprint density at radius 3 is 2.24 bits per heavy atom. The Balaban J connectivity index is 2.13. The highest BCUT2D eigenvalue weighted by Gasteiger charge is 2.15. The predicted octanol–water partition coefficient (Wildman–Crippen LogP) is 4.65. The first-order valence-electron chi connectivity index (χ1n) is 6.04. The molecule has 0 fully saturated rings. The molecule has 1 aromatic carbocycles. The average Bonchev–Trinajstić information content (AvgIpc) is 2.47. The van der Waals surface area contributed by atoms with Crippen molar-refractivity contribution in [2.24, 2.45) is 0 Å². The Morgan fingerprint density at radius 2 is 1.62 bits per heavy atom. The van der Waals surface area contributed by atoms with Gasteiger partial charge in [-0.15, -0.1) is 0 Å². The van der Waals surface area contributed by atoms with Gasteiger partial charge in [0.05, 0.1) is 5.56 Å². The Labute approximate surface area is 130 Å². The topological polar surface area (TPSA) is 38.7 Å². The first-order valence-corrected chi connectivity index (χ1v) is 6.80. The summed E-state index contributed by atoms with van der Waals surface area (Å²) in [6.45, 7) is 0. The van der Waals surface area contributed by atoms with Gasteiger partial charge in [-0.05, 0) is 29.8 Å². The van der Waals surface area contributed by atoms with Crippen LogP contribution in [0.5, 0.6) is 0 Å². The quantitative estimate of drug-likeness (QED) is 0.645. The zero-order chi connectivity index (χ0) is 14.8. The van der Waals surface area contributed by atoms with Gasteiger partial charge < -0.3 is 0 Å². The summed E-state index contributed by atoms with van der Waals surface area (Å²) in [6, 6.07) is 9.52. The second-order valence-electron chi connectivity index (χ2n) is 4.26. The van der Waals surface area contributed by atoms with E-state index in [1.807, 2.05) is 0 Å². The highest BCUT2D eigenvalue weighted by molar-refractivity contribution is 6.37. The van der Waals surface area contributed by atoms with Gasteiger partial charge in [-0.25, -0.2) is 14.4 Å². The molecule has 0 unspecified atom stereocenters. The second kappa shape index (κ2) is 5.76. The van der Waals surface area contributed by atoms with Crippen molar-refractivity contribution in [3.8, 4) is 22.5 Å². The lowest BCUT2D eigenvalue weighted by atomic mass is 10.1. The molecule has 0 bridgehead atoms. The summed E-state index contributed by atoms with van der Waals surface area (Å²) >= 11 is 12.4. The molecule has 0 N–H and O–H groups in total. The molecule has 2 aromatic heterocycles. The third-order valence-corrected chi connectivity index (χ3v) is 3.40. The van der Waals surface area contributed by atoms with Crippen molar-refractivity contribution in [1.82, 2.24) is 15.0 Å². The second-order valence-corrected chi connectivity index (χ2v) is 4.97. The maximum absolute atomic E-state index is 13.3. The van der Waals surface area contributed by atoms with Crippen molar-refractivity contribution in [1.29, 1.82) is 0 Å². The third kappa shape index (κ3) is 2.86. The minimum Gasteiger partial charge on any atom is -0.264 e. The monoisotopic (exact) mass is 319 g/mol. The molecule has 3 nitrogen and oxygen atoms in total. The van der Waals surface area contributed by atoms with Crippen LogP contribution in [0.3, 0.4) is 0 Å². The summed E-state index contributed by atoms with van der Waals surface area (Å²) in [6.07, 6.45) is 3.26. The van der Waals surface area contributed by atoms with Crippen LogP contribution in [0, 0.1) is 5.82 Å². The summed E-state index contributed by atoms with van der Waals surface area (Å²) in [4.78, 5) is 12.4. The first kappa shape index (κ1) is 13.9. The highest BCUT2D eigenvalue weighted by Crippen LogP contribution is 2.34. The van der Waals surface area contributed by atoms with Crippen molar-refractivity contribution in [2.45, 2.75) is 0 Å². The van der Waals surface area contributed by atoms with Crippen LogP contribution in [-0.2, 0) is 0 Å². The summed E-state index contributed by atoms with van der Waals surface area (Å²) in [5.74, 6) is -0.00535. The summed E-state index contributed by atoms with van der Waals surface area (Å²) in [7, 11) is 0. The van der Waals surface area contributed by atoms with E-state index in [1.54, 1.807) is 36.7 Å². The number of nitrogens with zero attached hydrogens (tertiary/aromatic N) is 3. The lowest BCUT2D eigenvalue weighted by Gasteiger charge is -2.08. The smallest absolute Gasteiger partial charge is 0.164 e. The van der Waals surface area contributed by atoms with Gasteiger partial charge in [0.2, 0.25) is 0 Å². The molecular weight excluding hydrogens is 312 g/mol. The lowest BCUT2D eigenvalue weighted by Crippen LogP contribution is -1.95. The van der Waals surface area contributed by atoms with Gasteiger partial charge in [0.15, 0.2) is 5.82 Å². The molecule has 0 radical (unpaired) electrons. The molecule has 21 heavy (non-hydrogen) atoms. The summed E-state index contributed by atoms with van der Waals surface area (Å²) in [5.41, 5.74) is 1.64. The molecule has 3 rings (SSSR count). The first-order chi connectivity index (χ1) is 10.1. The van der Waals surface area contributed by atoms with Crippen LogP contribution in [0.15, 0.2) is 48.8 Å². The molecule has 6 heteroatoms. The lowest BCUT2D eigenvalue weighted by molar-refractivity contribution is 0.628. The number of aromatic nitrogens is 3. The zero-order valence-electron chi connectivity index (χ0n) is 10.6. The van der Waals surface area contributed by atoms with E-state index in [9.17, 15) is 4.39 Å². The van der Waals surface area contributed by atoms with E-state index in [2.05, 4.69) is 15.0 Å². The molecule has 0 aliphatic heterocycles. The van der Waals surface area contributed by atoms with Crippen molar-refractivity contribution in [3.05, 3.63) is 64.9 Å². The molecule has 0 atom stereocenters. The van der Waals surface area contributed by atoms with Gasteiger partial charge in [0.1, 0.15) is 16.1 Å². The number of rotatable bonds is 2. The van der Waals surface area contributed by atoms with Crippen LogP contribution in [0.2, 0.25) is 10.3 Å². The number of hydrogen-bond acceptors (Lipinski definition) is 3. The number of halogens is 3. The number of benzene rings is 1. The predicted molar refractivity (Wildman–Crippen MR) is 80.7 cm³/mol. The number of hydrogen-bond donors (Lipinski definition) is 0. The molecule has 0 amide bonds. The van der Waals surface area contributed by atoms with E-state index >= 15 is 0 Å². The van der Waals surface area contributed by atoms with Gasteiger partial charge in [0, 0.05) is 18.0 Å². The van der Waals surface area contributed by atoms with Gasteiger partial charge >= 0.3 is 0 Å². The van der Waals surface area contributed by atoms with E-state index in [1.165, 1.54) is 12.1 Å². The van der Waals surface area contributed by atoms with Crippen molar-refractivity contribution in [2.75, 3.05) is 0 Å². The van der Waals surface area contributed by atoms with E-state index in [0.29, 0.717) is 22.5 Å². The third-order valence-electron chi connectivity index (χ3n) is 2.85. The minimum atomic E-state index is -0.379. The Hall–Kier alpha value is -2.04. The molecule has 0 saturated heterocycles. The molecule has 0 aliphatic rings. The maximum Gasteiger partial charge on any atom is 0.164 e. The van der Waals surface area contributed by atoms with E-state index in [-0.39, 0.29) is 16.1 Å². The normalized spacial score (nSPS) is 10.6. The molecule has 0 spiro atoms. The van der Waals surface area contributed by atoms with Crippen molar-refractivity contribution >= 4 is 23.2 Å². The fourth-order valence-corrected chi connectivity index (χ4v) is 2.52. The van der Waals surface area contributed by atoms with Gasteiger partial charge in [0.25, 0.3) is 0 Å². The molecule has 104 valence electrons. The van der Waals surface area contributed by atoms with Crippen LogP contribution < -0.4 is 0 Å². The van der Waals surface area contributed by atoms with Crippen LogP contribution in [0.1, 0.15) is 0 Å². The standard InChI is InChI=1S/C15H8Cl2FN3/c16-13-12(9-3-1-5-11(18)7-9)14(17)21-15(20-13)10-4-2-6-19-8-10/h1-8H. The zero-order valence-corrected chi connectivity index (χ0v) is 12.1. The van der Waals surface area contributed by atoms with E-state index in [4.69, 9.17) is 23.2 Å². The Bertz CT molecular complexity index is 771. The number of pyridine rings is 1. The van der Waals surface area contributed by atoms with Crippen LogP contribution in [-0.4, -0.2) is 15.0 Å². The van der Waals surface area contributed by atoms with Crippen LogP contribution >= 0.6 is 23.2 Å². The SMILES string of the molecule is Fc1cccc(-c2c(Cl)nc(-c3cccnc3)nc2Cl)c1. The molecule has 0 saturated carbocycles. The molecule has 0 aliphatic carbocycles. The van der Waals surface area contributed by atoms with Crippen LogP contribution in [0.25, 0.3) is 22.5 Å². The minimum absolute atomic E-state index is 0.166. The van der Waals surface area contributed by atoms with E-state index < -0.39 is 0 Å². The van der Waals surface area contributed by atoms with Crippen molar-refractivity contribution < 1.29 is 4.39 Å². The Kier molecular flexibility index (Phi) is 3.82. The summed E-state index contributed by atoms with van der Waals surface area (Å²) < 4.78 is 13.3. The fourth-order valence-electron chi connectivity index (χ4n) is 1.91. The van der Waals surface area contributed by atoms with Crippen molar-refractivity contribution in [3.63, 3.8) is 0 Å². The Morgan fingerprint density at radius 1 is 0.905 bits per heavy atom. The summed E-state index contributed by atoms with van der Waals surface area (Å²) in [5, 5.41) is 0.332. The maximum atomic E-state index is 13.3. The largest absolute Gasteiger partial charge is 0.264 e. The molecular formula is C15H8Cl2FN3. The van der Waals surface area contributed by atoms with Gasteiger partial charge in [-0.1, -0.05) is 35.3 Å².